The van der Waals surface area contributed by atoms with E-state index in [2.05, 4.69) is 22.5 Å². The van der Waals surface area contributed by atoms with Crippen LogP contribution in [-0.2, 0) is 16.0 Å². The molecule has 2 N–H and O–H groups in total. The normalized spacial score (nSPS) is 16.7. The minimum Gasteiger partial charge on any atom is -0.467 e. The Kier molecular flexibility index (Phi) is 7.83. The van der Waals surface area contributed by atoms with Crippen molar-refractivity contribution in [3.63, 3.8) is 0 Å². The first kappa shape index (κ1) is 16.8. The molecule has 1 aliphatic rings. The molecular weight excluding hydrogens is 282 g/mol. The minimum absolute atomic E-state index is 0.370. The lowest BCUT2D eigenvalue weighted by Crippen LogP contribution is -2.38. The minimum atomic E-state index is 0.370. The van der Waals surface area contributed by atoms with Crippen molar-refractivity contribution in [3.05, 3.63) is 24.2 Å². The molecule has 0 aliphatic carbocycles. The van der Waals surface area contributed by atoms with Crippen LogP contribution in [0.2, 0.25) is 0 Å². The van der Waals surface area contributed by atoms with E-state index in [1.807, 2.05) is 12.1 Å². The second kappa shape index (κ2) is 10.2. The number of furan rings is 1. The average molecular weight is 309 g/mol. The van der Waals surface area contributed by atoms with Crippen molar-refractivity contribution >= 4 is 5.96 Å². The van der Waals surface area contributed by atoms with Gasteiger partial charge in [-0.25, -0.2) is 4.99 Å². The van der Waals surface area contributed by atoms with Crippen molar-refractivity contribution in [2.75, 3.05) is 32.9 Å². The van der Waals surface area contributed by atoms with Gasteiger partial charge in [-0.3, -0.25) is 0 Å². The van der Waals surface area contributed by atoms with Gasteiger partial charge in [-0.15, -0.1) is 0 Å². The summed E-state index contributed by atoms with van der Waals surface area (Å²) in [6.45, 7) is 6.70. The first-order chi connectivity index (χ1) is 10.9. The van der Waals surface area contributed by atoms with E-state index in [1.165, 1.54) is 0 Å². The molecule has 2 heterocycles. The number of aliphatic imine (C=N–C) groups is 1. The molecule has 6 nitrogen and oxygen atoms in total. The fraction of sp³-hybridized carbons (Fsp3) is 0.688. The van der Waals surface area contributed by atoms with E-state index in [4.69, 9.17) is 13.9 Å². The first-order valence-corrected chi connectivity index (χ1v) is 8.12. The van der Waals surface area contributed by atoms with Gasteiger partial charge in [-0.05, 0) is 38.3 Å². The number of rotatable bonds is 8. The molecule has 0 atom stereocenters. The molecule has 0 aromatic carbocycles. The van der Waals surface area contributed by atoms with Crippen LogP contribution in [0.1, 0.15) is 31.9 Å². The van der Waals surface area contributed by atoms with Crippen molar-refractivity contribution in [2.24, 2.45) is 4.99 Å². The number of hydrogen-bond acceptors (Lipinski definition) is 4. The first-order valence-electron chi connectivity index (χ1n) is 8.12. The molecule has 0 bridgehead atoms. The summed E-state index contributed by atoms with van der Waals surface area (Å²) >= 11 is 0. The number of hydrogen-bond donors (Lipinski definition) is 2. The summed E-state index contributed by atoms with van der Waals surface area (Å²) in [6.07, 6.45) is 5.03. The summed E-state index contributed by atoms with van der Waals surface area (Å²) in [4.78, 5) is 4.49. The Labute approximate surface area is 132 Å². The van der Waals surface area contributed by atoms with Crippen molar-refractivity contribution in [1.29, 1.82) is 0 Å². The molecule has 1 aromatic rings. The highest BCUT2D eigenvalue weighted by molar-refractivity contribution is 5.79. The largest absolute Gasteiger partial charge is 0.467 e. The third-order valence-electron chi connectivity index (χ3n) is 3.45. The summed E-state index contributed by atoms with van der Waals surface area (Å²) in [5.41, 5.74) is 0. The van der Waals surface area contributed by atoms with Crippen LogP contribution in [0.25, 0.3) is 0 Å². The van der Waals surface area contributed by atoms with Crippen LogP contribution in [0.5, 0.6) is 0 Å². The zero-order valence-corrected chi connectivity index (χ0v) is 13.3. The van der Waals surface area contributed by atoms with Gasteiger partial charge in [-0.2, -0.15) is 0 Å². The van der Waals surface area contributed by atoms with E-state index in [-0.39, 0.29) is 0 Å². The molecule has 0 saturated carbocycles. The second-order valence-electron chi connectivity index (χ2n) is 5.24. The molecule has 6 heteroatoms. The predicted molar refractivity (Wildman–Crippen MR) is 85.9 cm³/mol. The topological polar surface area (TPSA) is 68.0 Å². The third-order valence-corrected chi connectivity index (χ3v) is 3.45. The Hall–Kier alpha value is -1.53. The fourth-order valence-electron chi connectivity index (χ4n) is 2.27. The Bertz CT molecular complexity index is 414. The van der Waals surface area contributed by atoms with E-state index in [1.54, 1.807) is 6.26 Å². The summed E-state index contributed by atoms with van der Waals surface area (Å²) in [6, 6.07) is 3.80. The van der Waals surface area contributed by atoms with Gasteiger partial charge in [0.15, 0.2) is 5.96 Å². The zero-order valence-electron chi connectivity index (χ0n) is 13.3. The average Bonchev–Trinajstić information content (AvgIpc) is 3.06. The molecule has 22 heavy (non-hydrogen) atoms. The highest BCUT2D eigenvalue weighted by Gasteiger charge is 2.13. The molecular formula is C16H27N3O3. The Morgan fingerprint density at radius 2 is 2.23 bits per heavy atom. The Morgan fingerprint density at radius 1 is 1.36 bits per heavy atom. The zero-order chi connectivity index (χ0) is 15.5. The maximum Gasteiger partial charge on any atom is 0.191 e. The Morgan fingerprint density at radius 3 is 2.95 bits per heavy atom. The predicted octanol–water partition coefficient (Wildman–Crippen LogP) is 1.92. The monoisotopic (exact) mass is 309 g/mol. The molecule has 0 amide bonds. The highest BCUT2D eigenvalue weighted by atomic mass is 16.5. The number of ether oxygens (including phenoxy) is 2. The van der Waals surface area contributed by atoms with Gasteiger partial charge >= 0.3 is 0 Å². The molecule has 1 aromatic heterocycles. The van der Waals surface area contributed by atoms with Gasteiger partial charge in [0.05, 0.1) is 12.4 Å². The summed E-state index contributed by atoms with van der Waals surface area (Å²) in [5.74, 6) is 1.67. The molecule has 124 valence electrons. The number of guanidine groups is 1. The highest BCUT2D eigenvalue weighted by Crippen LogP contribution is 2.10. The fourth-order valence-corrected chi connectivity index (χ4v) is 2.27. The van der Waals surface area contributed by atoms with Gasteiger partial charge < -0.3 is 24.5 Å². The smallest absolute Gasteiger partial charge is 0.191 e. The van der Waals surface area contributed by atoms with Crippen LogP contribution in [-0.4, -0.2) is 45.0 Å². The van der Waals surface area contributed by atoms with Crippen LogP contribution in [0.4, 0.5) is 0 Å². The van der Waals surface area contributed by atoms with E-state index >= 15 is 0 Å². The quantitative estimate of drug-likeness (QED) is 0.436. The SMILES string of the molecule is CCNC(=NCc1ccco1)NCCCOC1CCOCC1. The van der Waals surface area contributed by atoms with E-state index in [0.717, 1.165) is 63.9 Å². The van der Waals surface area contributed by atoms with Gasteiger partial charge in [0.2, 0.25) is 0 Å². The van der Waals surface area contributed by atoms with Crippen molar-refractivity contribution in [3.8, 4) is 0 Å². The van der Waals surface area contributed by atoms with E-state index in [9.17, 15) is 0 Å². The van der Waals surface area contributed by atoms with E-state index < -0.39 is 0 Å². The standard InChI is InChI=1S/C16H27N3O3/c1-2-17-16(19-13-15-5-3-9-22-15)18-8-4-10-21-14-6-11-20-12-7-14/h3,5,9,14H,2,4,6-8,10-13H2,1H3,(H2,17,18,19). The number of nitrogens with one attached hydrogen (secondary N) is 2. The molecule has 0 spiro atoms. The second-order valence-corrected chi connectivity index (χ2v) is 5.24. The Balaban J connectivity index is 1.60. The maximum atomic E-state index is 5.85. The molecule has 2 rings (SSSR count). The molecule has 0 unspecified atom stereocenters. The van der Waals surface area contributed by atoms with Gasteiger partial charge in [-0.1, -0.05) is 0 Å². The van der Waals surface area contributed by atoms with Crippen LogP contribution in [0, 0.1) is 0 Å². The van der Waals surface area contributed by atoms with Crippen molar-refractivity contribution in [1.82, 2.24) is 10.6 Å². The molecule has 1 fully saturated rings. The van der Waals surface area contributed by atoms with Gasteiger partial charge in [0.1, 0.15) is 12.3 Å². The molecule has 1 aliphatic heterocycles. The van der Waals surface area contributed by atoms with Crippen LogP contribution >= 0.6 is 0 Å². The maximum absolute atomic E-state index is 5.85. The van der Waals surface area contributed by atoms with Crippen molar-refractivity contribution < 1.29 is 13.9 Å². The molecule has 1 saturated heterocycles. The van der Waals surface area contributed by atoms with Crippen molar-refractivity contribution in [2.45, 2.75) is 38.8 Å². The summed E-state index contributed by atoms with van der Waals surface area (Å²) < 4.78 is 16.4. The lowest BCUT2D eigenvalue weighted by molar-refractivity contribution is -0.0320. The van der Waals surface area contributed by atoms with Gasteiger partial charge in [0.25, 0.3) is 0 Å². The lowest BCUT2D eigenvalue weighted by Gasteiger charge is -2.22. The summed E-state index contributed by atoms with van der Waals surface area (Å²) in [7, 11) is 0. The molecule has 0 radical (unpaired) electrons. The van der Waals surface area contributed by atoms with Crippen LogP contribution in [0.15, 0.2) is 27.8 Å². The van der Waals surface area contributed by atoms with Crippen LogP contribution < -0.4 is 10.6 Å². The van der Waals surface area contributed by atoms with E-state index in [0.29, 0.717) is 12.6 Å². The number of nitrogens with zero attached hydrogens (tertiary/aromatic N) is 1. The van der Waals surface area contributed by atoms with Gasteiger partial charge in [0, 0.05) is 32.9 Å². The lowest BCUT2D eigenvalue weighted by atomic mass is 10.1. The summed E-state index contributed by atoms with van der Waals surface area (Å²) in [5, 5.41) is 6.54. The van der Waals surface area contributed by atoms with Crippen LogP contribution in [0.3, 0.4) is 0 Å². The third kappa shape index (κ3) is 6.49.